The molecular weight excluding hydrogens is 188 g/mol. The second-order valence-electron chi connectivity index (χ2n) is 4.08. The molecule has 0 unspecified atom stereocenters. The van der Waals surface area contributed by atoms with Gasteiger partial charge in [0.2, 0.25) is 0 Å². The lowest BCUT2D eigenvalue weighted by Gasteiger charge is -2.31. The number of piperidine rings is 1. The molecule has 0 aliphatic carbocycles. The van der Waals surface area contributed by atoms with Crippen LogP contribution >= 0.6 is 0 Å². The number of hydrogen-bond donors (Lipinski definition) is 1. The van der Waals surface area contributed by atoms with E-state index in [1.54, 1.807) is 0 Å². The minimum absolute atomic E-state index is 0.471. The molecule has 0 saturated carbocycles. The second kappa shape index (κ2) is 7.85. The molecule has 0 aromatic rings. The summed E-state index contributed by atoms with van der Waals surface area (Å²) >= 11 is 0. The molecule has 1 rings (SSSR count). The maximum absolute atomic E-state index is 5.75. The van der Waals surface area contributed by atoms with Gasteiger partial charge in [-0.2, -0.15) is 0 Å². The van der Waals surface area contributed by atoms with Crippen LogP contribution in [0.2, 0.25) is 0 Å². The first kappa shape index (κ1) is 12.7. The van der Waals surface area contributed by atoms with Gasteiger partial charge in [-0.1, -0.05) is 12.2 Å². The SMILES string of the molecule is CC=CCN1CCC(OCCCN)CC1. The summed E-state index contributed by atoms with van der Waals surface area (Å²) in [6, 6.07) is 0. The number of nitrogens with zero attached hydrogens (tertiary/aromatic N) is 1. The third-order valence-corrected chi connectivity index (χ3v) is 2.84. The lowest BCUT2D eigenvalue weighted by Crippen LogP contribution is -2.37. The van der Waals surface area contributed by atoms with Gasteiger partial charge in [-0.15, -0.1) is 0 Å². The smallest absolute Gasteiger partial charge is 0.0599 e. The fourth-order valence-electron chi connectivity index (χ4n) is 1.85. The summed E-state index contributed by atoms with van der Waals surface area (Å²) in [5, 5.41) is 0. The third kappa shape index (κ3) is 5.30. The summed E-state index contributed by atoms with van der Waals surface area (Å²) in [6.07, 6.45) is 8.13. The molecule has 15 heavy (non-hydrogen) atoms. The molecule has 0 aromatic heterocycles. The Morgan fingerprint density at radius 2 is 2.13 bits per heavy atom. The van der Waals surface area contributed by atoms with Crippen molar-refractivity contribution in [1.29, 1.82) is 0 Å². The molecular formula is C12H24N2O. The lowest BCUT2D eigenvalue weighted by atomic mass is 10.1. The van der Waals surface area contributed by atoms with Crippen molar-refractivity contribution in [3.8, 4) is 0 Å². The van der Waals surface area contributed by atoms with Gasteiger partial charge in [0, 0.05) is 26.2 Å². The highest BCUT2D eigenvalue weighted by Gasteiger charge is 2.18. The lowest BCUT2D eigenvalue weighted by molar-refractivity contribution is 0.00951. The van der Waals surface area contributed by atoms with E-state index in [4.69, 9.17) is 10.5 Å². The first-order valence-corrected chi connectivity index (χ1v) is 6.02. The Balaban J connectivity index is 2.07. The number of rotatable bonds is 6. The summed E-state index contributed by atoms with van der Waals surface area (Å²) in [5.41, 5.74) is 5.43. The Hall–Kier alpha value is -0.380. The highest BCUT2D eigenvalue weighted by molar-refractivity contribution is 4.83. The van der Waals surface area contributed by atoms with Gasteiger partial charge in [-0.05, 0) is 32.7 Å². The van der Waals surface area contributed by atoms with Gasteiger partial charge in [0.15, 0.2) is 0 Å². The molecule has 0 bridgehead atoms. The number of likely N-dealkylation sites (tertiary alicyclic amines) is 1. The Morgan fingerprint density at radius 3 is 2.73 bits per heavy atom. The van der Waals surface area contributed by atoms with Gasteiger partial charge in [-0.3, -0.25) is 4.90 Å². The predicted molar refractivity (Wildman–Crippen MR) is 63.9 cm³/mol. The zero-order valence-corrected chi connectivity index (χ0v) is 9.82. The molecule has 0 spiro atoms. The highest BCUT2D eigenvalue weighted by Crippen LogP contribution is 2.13. The van der Waals surface area contributed by atoms with Crippen LogP contribution in [0.15, 0.2) is 12.2 Å². The first-order chi connectivity index (χ1) is 7.36. The van der Waals surface area contributed by atoms with Gasteiger partial charge < -0.3 is 10.5 Å². The van der Waals surface area contributed by atoms with Gasteiger partial charge >= 0.3 is 0 Å². The molecule has 1 aliphatic rings. The van der Waals surface area contributed by atoms with E-state index in [2.05, 4.69) is 24.0 Å². The van der Waals surface area contributed by atoms with Crippen LogP contribution in [-0.4, -0.2) is 43.8 Å². The Kier molecular flexibility index (Phi) is 6.64. The van der Waals surface area contributed by atoms with Gasteiger partial charge in [-0.25, -0.2) is 0 Å². The maximum atomic E-state index is 5.75. The van der Waals surface area contributed by atoms with E-state index in [9.17, 15) is 0 Å². The molecule has 3 heteroatoms. The van der Waals surface area contributed by atoms with E-state index in [1.165, 1.54) is 12.8 Å². The number of hydrogen-bond acceptors (Lipinski definition) is 3. The van der Waals surface area contributed by atoms with E-state index in [1.807, 2.05) is 0 Å². The van der Waals surface area contributed by atoms with Gasteiger partial charge in [0.1, 0.15) is 0 Å². The fourth-order valence-corrected chi connectivity index (χ4v) is 1.85. The molecule has 0 aromatic carbocycles. The summed E-state index contributed by atoms with van der Waals surface area (Å²) < 4.78 is 5.75. The van der Waals surface area contributed by atoms with E-state index in [-0.39, 0.29) is 0 Å². The van der Waals surface area contributed by atoms with Crippen LogP contribution in [0.3, 0.4) is 0 Å². The van der Waals surface area contributed by atoms with Crippen molar-refractivity contribution >= 4 is 0 Å². The normalized spacial score (nSPS) is 20.1. The van der Waals surface area contributed by atoms with Crippen molar-refractivity contribution in [3.05, 3.63) is 12.2 Å². The standard InChI is InChI=1S/C12H24N2O/c1-2-3-8-14-9-5-12(6-10-14)15-11-4-7-13/h2-3,12H,4-11,13H2,1H3. The van der Waals surface area contributed by atoms with E-state index < -0.39 is 0 Å². The Morgan fingerprint density at radius 1 is 1.40 bits per heavy atom. The zero-order valence-electron chi connectivity index (χ0n) is 9.82. The largest absolute Gasteiger partial charge is 0.378 e. The van der Waals surface area contributed by atoms with Crippen molar-refractivity contribution in [3.63, 3.8) is 0 Å². The summed E-state index contributed by atoms with van der Waals surface area (Å²) in [5.74, 6) is 0. The minimum atomic E-state index is 0.471. The number of ether oxygens (including phenoxy) is 1. The molecule has 88 valence electrons. The Labute approximate surface area is 93.3 Å². The highest BCUT2D eigenvalue weighted by atomic mass is 16.5. The van der Waals surface area contributed by atoms with Crippen LogP contribution < -0.4 is 5.73 Å². The van der Waals surface area contributed by atoms with Crippen molar-refractivity contribution in [2.75, 3.05) is 32.8 Å². The quantitative estimate of drug-likeness (QED) is 0.534. The fraction of sp³-hybridized carbons (Fsp3) is 0.833. The number of nitrogens with two attached hydrogens (primary N) is 1. The maximum Gasteiger partial charge on any atom is 0.0599 e. The van der Waals surface area contributed by atoms with E-state index in [0.717, 1.165) is 39.2 Å². The number of allylic oxidation sites excluding steroid dienone is 1. The van der Waals surface area contributed by atoms with Crippen LogP contribution in [0.25, 0.3) is 0 Å². The monoisotopic (exact) mass is 212 g/mol. The van der Waals surface area contributed by atoms with Crippen molar-refractivity contribution in [2.24, 2.45) is 5.73 Å². The molecule has 1 fully saturated rings. The summed E-state index contributed by atoms with van der Waals surface area (Å²) in [4.78, 5) is 2.47. The van der Waals surface area contributed by atoms with Crippen LogP contribution in [0.1, 0.15) is 26.2 Å². The molecule has 1 aliphatic heterocycles. The van der Waals surface area contributed by atoms with Crippen LogP contribution in [0.4, 0.5) is 0 Å². The van der Waals surface area contributed by atoms with Crippen molar-refractivity contribution < 1.29 is 4.74 Å². The van der Waals surface area contributed by atoms with Gasteiger partial charge in [0.05, 0.1) is 6.10 Å². The third-order valence-electron chi connectivity index (χ3n) is 2.84. The molecule has 1 saturated heterocycles. The Bertz CT molecular complexity index is 174. The van der Waals surface area contributed by atoms with Crippen LogP contribution in [0, 0.1) is 0 Å². The summed E-state index contributed by atoms with van der Waals surface area (Å²) in [7, 11) is 0. The zero-order chi connectivity index (χ0) is 10.9. The average Bonchev–Trinajstić information content (AvgIpc) is 2.28. The molecule has 2 N–H and O–H groups in total. The summed E-state index contributed by atoms with van der Waals surface area (Å²) in [6.45, 7) is 7.06. The topological polar surface area (TPSA) is 38.5 Å². The van der Waals surface area contributed by atoms with Crippen molar-refractivity contribution in [1.82, 2.24) is 4.90 Å². The van der Waals surface area contributed by atoms with Crippen molar-refractivity contribution in [2.45, 2.75) is 32.3 Å². The van der Waals surface area contributed by atoms with E-state index >= 15 is 0 Å². The van der Waals surface area contributed by atoms with Gasteiger partial charge in [0.25, 0.3) is 0 Å². The molecule has 3 nitrogen and oxygen atoms in total. The predicted octanol–water partition coefficient (Wildman–Crippen LogP) is 1.39. The molecule has 0 radical (unpaired) electrons. The van der Waals surface area contributed by atoms with Crippen LogP contribution in [-0.2, 0) is 4.74 Å². The second-order valence-corrected chi connectivity index (χ2v) is 4.08. The molecule has 0 atom stereocenters. The van der Waals surface area contributed by atoms with E-state index in [0.29, 0.717) is 6.10 Å². The first-order valence-electron chi connectivity index (χ1n) is 6.02. The average molecular weight is 212 g/mol. The minimum Gasteiger partial charge on any atom is -0.378 e. The van der Waals surface area contributed by atoms with Crippen LogP contribution in [0.5, 0.6) is 0 Å². The molecule has 1 heterocycles. The molecule has 0 amide bonds.